The number of hydrogen-bond acceptors (Lipinski definition) is 4. The predicted octanol–water partition coefficient (Wildman–Crippen LogP) is 5.00. The summed E-state index contributed by atoms with van der Waals surface area (Å²) < 4.78 is 40.6. The van der Waals surface area contributed by atoms with Gasteiger partial charge in [0.05, 0.1) is 11.9 Å². The van der Waals surface area contributed by atoms with E-state index in [0.717, 1.165) is 28.3 Å². The molecule has 4 fully saturated rings. The number of hydrogen-bond donors (Lipinski definition) is 1. The van der Waals surface area contributed by atoms with Crippen molar-refractivity contribution in [3.05, 3.63) is 65.5 Å². The molecule has 6 rings (SSSR count). The molecular formula is C32H42FN3O4S. The van der Waals surface area contributed by atoms with Gasteiger partial charge in [-0.3, -0.25) is 13.9 Å². The molecule has 0 spiro atoms. The van der Waals surface area contributed by atoms with Gasteiger partial charge in [-0.15, -0.1) is 0 Å². The van der Waals surface area contributed by atoms with Crippen LogP contribution in [0.15, 0.2) is 48.5 Å². The highest BCUT2D eigenvalue weighted by Gasteiger charge is 2.51. The number of carbonyl (C=O) groups is 2. The molecule has 0 saturated heterocycles. The standard InChI is InChI=1S/C32H42FN3O4S/c1-21(2)34-31(38)22(3)35(19-23-5-9-28(33)10-6-23)30(37)20-36(41(4,39)40)29-11-7-27(8-12-29)32-16-24-13-25(17-32)15-26(14-24)18-32/h5-12,21-22,24-26H,13-20H2,1-4H3,(H,34,38)/t22-,24?,25?,26?,32?/m1/s1. The molecule has 0 radical (unpaired) electrons. The monoisotopic (exact) mass is 583 g/mol. The van der Waals surface area contributed by atoms with Gasteiger partial charge in [0.25, 0.3) is 0 Å². The highest BCUT2D eigenvalue weighted by atomic mass is 32.2. The first-order valence-corrected chi connectivity index (χ1v) is 16.6. The van der Waals surface area contributed by atoms with Gasteiger partial charge in [-0.25, -0.2) is 12.8 Å². The fourth-order valence-corrected chi connectivity index (χ4v) is 8.68. The second kappa shape index (κ2) is 11.4. The Balaban J connectivity index is 1.38. The van der Waals surface area contributed by atoms with Crippen molar-refractivity contribution in [1.82, 2.24) is 10.2 Å². The maximum absolute atomic E-state index is 13.7. The summed E-state index contributed by atoms with van der Waals surface area (Å²) in [4.78, 5) is 28.0. The predicted molar refractivity (Wildman–Crippen MR) is 158 cm³/mol. The Morgan fingerprint density at radius 1 is 0.927 bits per heavy atom. The molecule has 222 valence electrons. The van der Waals surface area contributed by atoms with E-state index in [1.165, 1.54) is 61.1 Å². The minimum atomic E-state index is -3.81. The molecule has 2 aromatic rings. The van der Waals surface area contributed by atoms with Gasteiger partial charge in [0.15, 0.2) is 0 Å². The molecule has 4 aliphatic rings. The Morgan fingerprint density at radius 2 is 1.46 bits per heavy atom. The molecule has 9 heteroatoms. The number of anilines is 1. The van der Waals surface area contributed by atoms with E-state index in [1.54, 1.807) is 19.1 Å². The lowest BCUT2D eigenvalue weighted by Gasteiger charge is -2.57. The summed E-state index contributed by atoms with van der Waals surface area (Å²) in [6, 6.07) is 12.5. The van der Waals surface area contributed by atoms with Crippen LogP contribution in [0, 0.1) is 23.6 Å². The van der Waals surface area contributed by atoms with Crippen molar-refractivity contribution in [2.45, 2.75) is 83.3 Å². The van der Waals surface area contributed by atoms with Crippen LogP contribution in [0.2, 0.25) is 0 Å². The molecule has 2 aromatic carbocycles. The van der Waals surface area contributed by atoms with Crippen LogP contribution < -0.4 is 9.62 Å². The number of rotatable bonds is 10. The van der Waals surface area contributed by atoms with Gasteiger partial charge in [0.2, 0.25) is 21.8 Å². The van der Waals surface area contributed by atoms with Crippen LogP contribution in [0.1, 0.15) is 70.4 Å². The van der Waals surface area contributed by atoms with Crippen molar-refractivity contribution in [3.8, 4) is 0 Å². The van der Waals surface area contributed by atoms with Gasteiger partial charge >= 0.3 is 0 Å². The smallest absolute Gasteiger partial charge is 0.244 e. The van der Waals surface area contributed by atoms with Crippen LogP contribution in [0.3, 0.4) is 0 Å². The molecule has 1 atom stereocenters. The largest absolute Gasteiger partial charge is 0.352 e. The summed E-state index contributed by atoms with van der Waals surface area (Å²) in [5.41, 5.74) is 2.52. The van der Waals surface area contributed by atoms with Gasteiger partial charge in [-0.05, 0) is 118 Å². The maximum atomic E-state index is 13.7. The number of carbonyl (C=O) groups excluding carboxylic acids is 2. The number of sulfonamides is 1. The van der Waals surface area contributed by atoms with Crippen molar-refractivity contribution >= 4 is 27.5 Å². The highest BCUT2D eigenvalue weighted by Crippen LogP contribution is 2.60. The van der Waals surface area contributed by atoms with E-state index in [0.29, 0.717) is 11.3 Å². The van der Waals surface area contributed by atoms with E-state index in [2.05, 4.69) is 17.4 Å². The summed E-state index contributed by atoms with van der Waals surface area (Å²) in [6.07, 6.45) is 8.77. The molecular weight excluding hydrogens is 541 g/mol. The van der Waals surface area contributed by atoms with Crippen LogP contribution in [0.4, 0.5) is 10.1 Å². The van der Waals surface area contributed by atoms with Crippen LogP contribution in [0.5, 0.6) is 0 Å². The fraction of sp³-hybridized carbons (Fsp3) is 0.562. The zero-order valence-corrected chi connectivity index (χ0v) is 25.3. The molecule has 1 N–H and O–H groups in total. The van der Waals surface area contributed by atoms with Crippen LogP contribution >= 0.6 is 0 Å². The highest BCUT2D eigenvalue weighted by molar-refractivity contribution is 7.92. The quantitative estimate of drug-likeness (QED) is 0.427. The lowest BCUT2D eigenvalue weighted by molar-refractivity contribution is -0.139. The van der Waals surface area contributed by atoms with Gasteiger partial charge in [0.1, 0.15) is 18.4 Å². The van der Waals surface area contributed by atoms with Crippen molar-refractivity contribution in [2.75, 3.05) is 17.1 Å². The molecule has 4 bridgehead atoms. The normalized spacial score (nSPS) is 25.7. The third-order valence-corrected chi connectivity index (χ3v) is 10.5. The van der Waals surface area contributed by atoms with Gasteiger partial charge in [-0.1, -0.05) is 24.3 Å². The van der Waals surface area contributed by atoms with Gasteiger partial charge in [0, 0.05) is 12.6 Å². The second-order valence-electron chi connectivity index (χ2n) is 13.0. The SMILES string of the molecule is CC(C)NC(=O)[C@@H](C)N(Cc1ccc(F)cc1)C(=O)CN(c1ccc(C23CC4CC(CC(C4)C2)C3)cc1)S(C)(=O)=O. The second-order valence-corrected chi connectivity index (χ2v) is 14.9. The van der Waals surface area contributed by atoms with Crippen molar-refractivity contribution in [2.24, 2.45) is 17.8 Å². The molecule has 0 heterocycles. The van der Waals surface area contributed by atoms with Gasteiger partial charge in [-0.2, -0.15) is 0 Å². The first-order valence-electron chi connectivity index (χ1n) is 14.8. The summed E-state index contributed by atoms with van der Waals surface area (Å²) in [5, 5.41) is 2.82. The Labute approximate surface area is 243 Å². The van der Waals surface area contributed by atoms with Crippen LogP contribution in [-0.2, 0) is 31.6 Å². The van der Waals surface area contributed by atoms with E-state index < -0.39 is 34.3 Å². The summed E-state index contributed by atoms with van der Waals surface area (Å²) in [7, 11) is -3.81. The number of amides is 2. The zero-order chi connectivity index (χ0) is 29.5. The third-order valence-electron chi connectivity index (χ3n) is 9.35. The third kappa shape index (κ3) is 6.45. The van der Waals surface area contributed by atoms with E-state index in [4.69, 9.17) is 0 Å². The number of halogens is 1. The summed E-state index contributed by atoms with van der Waals surface area (Å²) >= 11 is 0. The zero-order valence-electron chi connectivity index (χ0n) is 24.5. The van der Waals surface area contributed by atoms with E-state index >= 15 is 0 Å². The first-order chi connectivity index (χ1) is 19.3. The molecule has 4 saturated carbocycles. The van der Waals surface area contributed by atoms with Crippen molar-refractivity contribution in [1.29, 1.82) is 0 Å². The summed E-state index contributed by atoms with van der Waals surface area (Å²) in [6.45, 7) is 4.86. The minimum absolute atomic E-state index is 0.0361. The number of nitrogens with zero attached hydrogens (tertiary/aromatic N) is 2. The van der Waals surface area contributed by atoms with Crippen molar-refractivity contribution < 1.29 is 22.4 Å². The van der Waals surface area contributed by atoms with E-state index in [1.807, 2.05) is 26.0 Å². The molecule has 0 unspecified atom stereocenters. The molecule has 0 aromatic heterocycles. The number of benzene rings is 2. The summed E-state index contributed by atoms with van der Waals surface area (Å²) in [5.74, 6) is 1.13. The lowest BCUT2D eigenvalue weighted by Crippen LogP contribution is -2.52. The van der Waals surface area contributed by atoms with Crippen LogP contribution in [0.25, 0.3) is 0 Å². The molecule has 41 heavy (non-hydrogen) atoms. The Kier molecular flexibility index (Phi) is 8.21. The molecule has 7 nitrogen and oxygen atoms in total. The average molecular weight is 584 g/mol. The van der Waals surface area contributed by atoms with E-state index in [9.17, 15) is 22.4 Å². The van der Waals surface area contributed by atoms with Crippen molar-refractivity contribution in [3.63, 3.8) is 0 Å². The van der Waals surface area contributed by atoms with Gasteiger partial charge < -0.3 is 10.2 Å². The minimum Gasteiger partial charge on any atom is -0.352 e. The molecule has 4 aliphatic carbocycles. The Hall–Kier alpha value is -2.94. The average Bonchev–Trinajstić information content (AvgIpc) is 2.89. The Morgan fingerprint density at radius 3 is 1.95 bits per heavy atom. The lowest BCUT2D eigenvalue weighted by atomic mass is 9.48. The maximum Gasteiger partial charge on any atom is 0.244 e. The molecule has 2 amide bonds. The topological polar surface area (TPSA) is 86.8 Å². The van der Waals surface area contributed by atoms with E-state index in [-0.39, 0.29) is 23.9 Å². The molecule has 0 aliphatic heterocycles. The first kappa shape index (κ1) is 29.5. The Bertz CT molecular complexity index is 1340. The van der Waals surface area contributed by atoms with Crippen LogP contribution in [-0.4, -0.2) is 50.0 Å². The number of nitrogens with one attached hydrogen (secondary N) is 1. The fourth-order valence-electron chi connectivity index (χ4n) is 7.83.